The molecule has 4 aromatic rings. The van der Waals surface area contributed by atoms with Crippen molar-refractivity contribution < 1.29 is 19.1 Å². The molecule has 1 aliphatic heterocycles. The fourth-order valence-electron chi connectivity index (χ4n) is 4.70. The van der Waals surface area contributed by atoms with Crippen molar-refractivity contribution in [1.82, 2.24) is 10.2 Å². The molecule has 0 unspecified atom stereocenters. The maximum Gasteiger partial charge on any atom is 0.411 e. The first-order valence-electron chi connectivity index (χ1n) is 12.8. The minimum atomic E-state index is -0.913. The normalized spacial score (nSPS) is 17.3. The molecule has 1 saturated heterocycles. The lowest BCUT2D eigenvalue weighted by atomic mass is 9.99. The number of benzene rings is 4. The molecule has 7 heteroatoms. The quantitative estimate of drug-likeness (QED) is 0.304. The zero-order valence-electron chi connectivity index (χ0n) is 21.5. The number of cyclic esters (lactones) is 1. The molecule has 0 aliphatic carbocycles. The number of rotatable bonds is 8. The highest BCUT2D eigenvalue weighted by Crippen LogP contribution is 2.35. The van der Waals surface area contributed by atoms with E-state index in [1.54, 1.807) is 48.5 Å². The van der Waals surface area contributed by atoms with Crippen LogP contribution in [0.4, 0.5) is 10.5 Å². The van der Waals surface area contributed by atoms with Crippen LogP contribution in [0.1, 0.15) is 46.1 Å². The van der Waals surface area contributed by atoms with Crippen LogP contribution in [-0.4, -0.2) is 28.8 Å². The van der Waals surface area contributed by atoms with Gasteiger partial charge >= 0.3 is 6.09 Å². The maximum atomic E-state index is 13.8. The van der Waals surface area contributed by atoms with Gasteiger partial charge in [0.05, 0.1) is 12.6 Å². The largest absolute Gasteiger partial charge is 0.438 e. The molecular formula is C32H29N3O4. The third-order valence-electron chi connectivity index (χ3n) is 6.72. The van der Waals surface area contributed by atoms with Crippen LogP contribution in [0.2, 0.25) is 0 Å². The molecule has 3 amide bonds. The standard InChI is InChI=1S/C32H29N3O4/c1-22(24-14-7-3-8-15-24)33-31(37)28-29(39-32(38)35(28)21-23-12-5-2-6-13-23)26-18-11-19-27(20-26)34-30(36)25-16-9-4-10-17-25/h2-20,22,28-29H,21H2,1H3,(H,33,37)(H,34,36)/t22-,28+,29+/m0/s1. The van der Waals surface area contributed by atoms with Crippen LogP contribution in [0.5, 0.6) is 0 Å². The van der Waals surface area contributed by atoms with Gasteiger partial charge in [-0.3, -0.25) is 14.5 Å². The number of nitrogens with one attached hydrogen (secondary N) is 2. The van der Waals surface area contributed by atoms with Gasteiger partial charge in [0.25, 0.3) is 5.91 Å². The number of ether oxygens (including phenoxy) is 1. The second-order valence-corrected chi connectivity index (χ2v) is 9.45. The number of anilines is 1. The molecule has 1 heterocycles. The Morgan fingerprint density at radius 3 is 2.18 bits per heavy atom. The van der Waals surface area contributed by atoms with E-state index in [1.807, 2.05) is 73.7 Å². The predicted octanol–water partition coefficient (Wildman–Crippen LogP) is 5.88. The predicted molar refractivity (Wildman–Crippen MR) is 149 cm³/mol. The van der Waals surface area contributed by atoms with Crippen molar-refractivity contribution in [1.29, 1.82) is 0 Å². The molecule has 2 N–H and O–H groups in total. The summed E-state index contributed by atoms with van der Waals surface area (Å²) in [6.45, 7) is 2.12. The van der Waals surface area contributed by atoms with Crippen molar-refractivity contribution >= 4 is 23.6 Å². The summed E-state index contributed by atoms with van der Waals surface area (Å²) >= 11 is 0. The first kappa shape index (κ1) is 25.7. The number of carbonyl (C=O) groups is 3. The molecule has 5 rings (SSSR count). The lowest BCUT2D eigenvalue weighted by Gasteiger charge is -2.26. The molecule has 1 fully saturated rings. The van der Waals surface area contributed by atoms with Crippen LogP contribution in [-0.2, 0) is 16.1 Å². The van der Waals surface area contributed by atoms with Crippen molar-refractivity contribution in [2.75, 3.05) is 5.32 Å². The summed E-state index contributed by atoms with van der Waals surface area (Å²) in [6, 6.07) is 33.9. The minimum Gasteiger partial charge on any atom is -0.438 e. The van der Waals surface area contributed by atoms with Crippen LogP contribution in [0.3, 0.4) is 0 Å². The Bertz CT molecular complexity index is 1440. The number of amides is 3. The van der Waals surface area contributed by atoms with Crippen molar-refractivity contribution in [3.05, 3.63) is 138 Å². The Hall–Kier alpha value is -4.91. The van der Waals surface area contributed by atoms with E-state index in [0.29, 0.717) is 16.8 Å². The Balaban J connectivity index is 1.42. The Labute approximate surface area is 227 Å². The Kier molecular flexibility index (Phi) is 7.68. The molecule has 0 aromatic heterocycles. The minimum absolute atomic E-state index is 0.221. The molecule has 0 bridgehead atoms. The van der Waals surface area contributed by atoms with Gasteiger partial charge in [-0.05, 0) is 47.9 Å². The van der Waals surface area contributed by atoms with Crippen molar-refractivity contribution in [3.8, 4) is 0 Å². The van der Waals surface area contributed by atoms with Gasteiger partial charge in [-0.2, -0.15) is 0 Å². The van der Waals surface area contributed by atoms with E-state index in [9.17, 15) is 14.4 Å². The molecule has 39 heavy (non-hydrogen) atoms. The zero-order chi connectivity index (χ0) is 27.2. The highest BCUT2D eigenvalue weighted by Gasteiger charge is 2.47. The highest BCUT2D eigenvalue weighted by molar-refractivity contribution is 6.04. The highest BCUT2D eigenvalue weighted by atomic mass is 16.6. The van der Waals surface area contributed by atoms with Crippen LogP contribution >= 0.6 is 0 Å². The molecule has 1 aliphatic rings. The summed E-state index contributed by atoms with van der Waals surface area (Å²) in [4.78, 5) is 41.1. The van der Waals surface area contributed by atoms with E-state index in [0.717, 1.165) is 11.1 Å². The number of hydrogen-bond donors (Lipinski definition) is 2. The van der Waals surface area contributed by atoms with E-state index < -0.39 is 18.2 Å². The molecule has 0 spiro atoms. The smallest absolute Gasteiger partial charge is 0.411 e. The molecule has 196 valence electrons. The second kappa shape index (κ2) is 11.6. The molecule has 3 atom stereocenters. The van der Waals surface area contributed by atoms with Gasteiger partial charge in [-0.25, -0.2) is 4.79 Å². The zero-order valence-corrected chi connectivity index (χ0v) is 21.5. The van der Waals surface area contributed by atoms with Gasteiger partial charge in [0, 0.05) is 11.3 Å². The molecule has 0 saturated carbocycles. The van der Waals surface area contributed by atoms with E-state index in [-0.39, 0.29) is 24.4 Å². The van der Waals surface area contributed by atoms with E-state index in [1.165, 1.54) is 4.90 Å². The van der Waals surface area contributed by atoms with Crippen LogP contribution in [0.25, 0.3) is 0 Å². The monoisotopic (exact) mass is 519 g/mol. The summed E-state index contributed by atoms with van der Waals surface area (Å²) in [7, 11) is 0. The van der Waals surface area contributed by atoms with Gasteiger partial charge in [-0.1, -0.05) is 91.0 Å². The van der Waals surface area contributed by atoms with Crippen molar-refractivity contribution in [2.45, 2.75) is 31.7 Å². The molecule has 7 nitrogen and oxygen atoms in total. The first-order valence-corrected chi connectivity index (χ1v) is 12.8. The van der Waals surface area contributed by atoms with Gasteiger partial charge in [-0.15, -0.1) is 0 Å². The van der Waals surface area contributed by atoms with Crippen molar-refractivity contribution in [3.63, 3.8) is 0 Å². The van der Waals surface area contributed by atoms with Gasteiger partial charge < -0.3 is 15.4 Å². The Morgan fingerprint density at radius 2 is 1.49 bits per heavy atom. The van der Waals surface area contributed by atoms with E-state index in [4.69, 9.17) is 4.74 Å². The maximum absolute atomic E-state index is 13.8. The Morgan fingerprint density at radius 1 is 0.846 bits per heavy atom. The number of hydrogen-bond acceptors (Lipinski definition) is 4. The van der Waals surface area contributed by atoms with Crippen LogP contribution in [0, 0.1) is 0 Å². The summed E-state index contributed by atoms with van der Waals surface area (Å²) in [6.07, 6.45) is -1.44. The SMILES string of the molecule is C[C@H](NC(=O)[C@H]1[C@@H](c2cccc(NC(=O)c3ccccc3)c2)OC(=O)N1Cc1ccccc1)c1ccccc1. The van der Waals surface area contributed by atoms with Gasteiger partial charge in [0.1, 0.15) is 0 Å². The van der Waals surface area contributed by atoms with Crippen LogP contribution in [0.15, 0.2) is 115 Å². The average molecular weight is 520 g/mol. The molecule has 0 radical (unpaired) electrons. The first-order chi connectivity index (χ1) is 19.0. The topological polar surface area (TPSA) is 87.7 Å². The second-order valence-electron chi connectivity index (χ2n) is 9.45. The number of nitrogens with zero attached hydrogens (tertiary/aromatic N) is 1. The summed E-state index contributed by atoms with van der Waals surface area (Å²) in [5, 5.41) is 5.95. The molecular weight excluding hydrogens is 490 g/mol. The number of carbonyl (C=O) groups excluding carboxylic acids is 3. The average Bonchev–Trinajstić information content (AvgIpc) is 3.30. The fourth-order valence-corrected chi connectivity index (χ4v) is 4.70. The third-order valence-corrected chi connectivity index (χ3v) is 6.72. The van der Waals surface area contributed by atoms with E-state index >= 15 is 0 Å². The van der Waals surface area contributed by atoms with E-state index in [2.05, 4.69) is 10.6 Å². The fraction of sp³-hybridized carbons (Fsp3) is 0.156. The summed E-state index contributed by atoms with van der Waals surface area (Å²) in [5.74, 6) is -0.579. The lowest BCUT2D eigenvalue weighted by Crippen LogP contribution is -2.46. The summed E-state index contributed by atoms with van der Waals surface area (Å²) < 4.78 is 5.81. The molecule has 4 aromatic carbocycles. The third kappa shape index (κ3) is 5.99. The van der Waals surface area contributed by atoms with Gasteiger partial charge in [0.2, 0.25) is 5.91 Å². The lowest BCUT2D eigenvalue weighted by molar-refractivity contribution is -0.127. The summed E-state index contributed by atoms with van der Waals surface area (Å²) in [5.41, 5.74) is 3.50. The van der Waals surface area contributed by atoms with Crippen molar-refractivity contribution in [2.24, 2.45) is 0 Å². The van der Waals surface area contributed by atoms with Gasteiger partial charge in [0.15, 0.2) is 12.1 Å². The van der Waals surface area contributed by atoms with Crippen LogP contribution < -0.4 is 10.6 Å².